The number of hydrogen-bond donors (Lipinski definition) is 2. The van der Waals surface area contributed by atoms with E-state index in [1.165, 1.54) is 30.3 Å². The number of allylic oxidation sites excluding steroid dienone is 2. The number of anilines is 1. The first kappa shape index (κ1) is 27.0. The zero-order valence-electron chi connectivity index (χ0n) is 20.6. The van der Waals surface area contributed by atoms with Crippen LogP contribution in [0.3, 0.4) is 0 Å². The highest BCUT2D eigenvalue weighted by atomic mass is 79.9. The largest absolute Gasteiger partial charge is 0.508 e. The maximum atomic E-state index is 14.0. The van der Waals surface area contributed by atoms with Crippen molar-refractivity contribution in [2.45, 2.75) is 28.5 Å². The quantitative estimate of drug-likeness (QED) is 0.222. The molecule has 0 bridgehead atoms. The Labute approximate surface area is 246 Å². The minimum absolute atomic E-state index is 0.0827. The molecule has 206 valence electrons. The molecule has 2 aromatic carbocycles. The van der Waals surface area contributed by atoms with E-state index in [0.29, 0.717) is 5.57 Å². The lowest BCUT2D eigenvalue weighted by Crippen LogP contribution is -2.60. The molecule has 2 saturated heterocycles. The number of amides is 4. The number of hydrogen-bond acceptors (Lipinski definition) is 6. The first-order valence-corrected chi connectivity index (χ1v) is 14.3. The molecule has 9 nitrogen and oxygen atoms in total. The van der Waals surface area contributed by atoms with Crippen LogP contribution < -0.4 is 4.90 Å². The number of carbonyl (C=O) groups is 5. The molecule has 2 heterocycles. The highest BCUT2D eigenvalue weighted by molar-refractivity contribution is 9.09. The maximum absolute atomic E-state index is 14.0. The smallest absolute Gasteiger partial charge is 0.335 e. The van der Waals surface area contributed by atoms with Gasteiger partial charge in [0.25, 0.3) is 11.8 Å². The number of para-hydroxylation sites is 1. The van der Waals surface area contributed by atoms with E-state index in [2.05, 4.69) is 15.9 Å². The number of benzene rings is 2. The molecule has 4 aliphatic rings. The van der Waals surface area contributed by atoms with Gasteiger partial charge in [-0.15, -0.1) is 23.2 Å². The Morgan fingerprint density at radius 1 is 1.00 bits per heavy atom. The van der Waals surface area contributed by atoms with E-state index in [4.69, 9.17) is 23.2 Å². The Morgan fingerprint density at radius 2 is 1.73 bits per heavy atom. The minimum atomic E-state index is -2.01. The number of halogens is 3. The van der Waals surface area contributed by atoms with Gasteiger partial charge in [0.1, 0.15) is 5.75 Å². The molecule has 2 N–H and O–H groups in total. The number of aromatic carboxylic acids is 1. The van der Waals surface area contributed by atoms with Crippen LogP contribution in [0.1, 0.15) is 34.7 Å². The molecule has 0 radical (unpaired) electrons. The number of carboxylic acids is 1. The highest BCUT2D eigenvalue weighted by Crippen LogP contribution is 2.66. The first-order chi connectivity index (χ1) is 19.0. The van der Waals surface area contributed by atoms with Gasteiger partial charge in [-0.25, -0.2) is 4.79 Å². The van der Waals surface area contributed by atoms with Crippen LogP contribution >= 0.6 is 39.1 Å². The molecule has 6 atom stereocenters. The maximum Gasteiger partial charge on any atom is 0.335 e. The van der Waals surface area contributed by atoms with Crippen molar-refractivity contribution < 1.29 is 34.2 Å². The van der Waals surface area contributed by atoms with E-state index in [-0.39, 0.29) is 40.9 Å². The van der Waals surface area contributed by atoms with Crippen molar-refractivity contribution in [3.8, 4) is 5.75 Å². The molecule has 2 aromatic rings. The fraction of sp³-hybridized carbons (Fsp3) is 0.321. The van der Waals surface area contributed by atoms with E-state index >= 15 is 0 Å². The summed E-state index contributed by atoms with van der Waals surface area (Å²) in [6, 6.07) is 11.8. The summed E-state index contributed by atoms with van der Waals surface area (Å²) < 4.78 is 0. The number of fused-ring (bicyclic) bond motifs is 4. The monoisotopic (exact) mass is 646 g/mol. The molecule has 2 aliphatic heterocycles. The Balaban J connectivity index is 1.51. The molecule has 1 saturated carbocycles. The number of aromatic hydroxyl groups is 1. The summed E-state index contributed by atoms with van der Waals surface area (Å²) in [4.78, 5) is 64.4. The summed E-state index contributed by atoms with van der Waals surface area (Å²) in [7, 11) is 0. The number of carboxylic acid groups (broad SMARTS) is 1. The zero-order valence-corrected chi connectivity index (χ0v) is 23.7. The van der Waals surface area contributed by atoms with Gasteiger partial charge in [-0.05, 0) is 43.0 Å². The Hall–Kier alpha value is -3.21. The molecular formula is C28H21BrCl2N2O7. The summed E-state index contributed by atoms with van der Waals surface area (Å²) in [5, 5.41) is 20.3. The second-order valence-electron chi connectivity index (χ2n) is 10.4. The van der Waals surface area contributed by atoms with Gasteiger partial charge in [0.2, 0.25) is 11.8 Å². The van der Waals surface area contributed by atoms with Crippen LogP contribution in [-0.2, 0) is 19.2 Å². The van der Waals surface area contributed by atoms with Crippen molar-refractivity contribution >= 4 is 74.4 Å². The number of phenols is 1. The molecule has 6 rings (SSSR count). The van der Waals surface area contributed by atoms with E-state index in [1.807, 2.05) is 0 Å². The van der Waals surface area contributed by atoms with Gasteiger partial charge < -0.3 is 10.2 Å². The molecular weight excluding hydrogens is 627 g/mol. The molecule has 3 fully saturated rings. The van der Waals surface area contributed by atoms with Crippen molar-refractivity contribution in [3.63, 3.8) is 0 Å². The molecule has 4 amide bonds. The third kappa shape index (κ3) is 3.36. The summed E-state index contributed by atoms with van der Waals surface area (Å²) in [6.45, 7) is 0. The van der Waals surface area contributed by atoms with Gasteiger partial charge in [0.05, 0.1) is 28.5 Å². The van der Waals surface area contributed by atoms with Gasteiger partial charge in [0.15, 0.2) is 9.75 Å². The van der Waals surface area contributed by atoms with E-state index in [1.54, 1.807) is 24.3 Å². The Morgan fingerprint density at radius 3 is 2.40 bits per heavy atom. The average molecular weight is 648 g/mol. The second kappa shape index (κ2) is 9.15. The number of rotatable bonds is 4. The number of nitrogens with zero attached hydrogens (tertiary/aromatic N) is 2. The molecule has 2 aliphatic carbocycles. The van der Waals surface area contributed by atoms with Crippen LogP contribution in [0.25, 0.3) is 0 Å². The predicted molar refractivity (Wildman–Crippen MR) is 147 cm³/mol. The summed E-state index contributed by atoms with van der Waals surface area (Å²) in [5.74, 6) is -7.41. The van der Waals surface area contributed by atoms with Gasteiger partial charge in [0, 0.05) is 11.5 Å². The number of carbonyl (C=O) groups excluding carboxylic acids is 4. The third-order valence-electron chi connectivity index (χ3n) is 8.61. The van der Waals surface area contributed by atoms with Crippen LogP contribution in [0.5, 0.6) is 5.75 Å². The Bertz CT molecular complexity index is 1560. The van der Waals surface area contributed by atoms with Gasteiger partial charge in [-0.1, -0.05) is 51.8 Å². The number of imide groups is 2. The zero-order chi connectivity index (χ0) is 28.7. The van der Waals surface area contributed by atoms with Crippen LogP contribution in [0, 0.1) is 17.8 Å². The summed E-state index contributed by atoms with van der Waals surface area (Å²) >= 11 is 17.4. The molecule has 12 heteroatoms. The normalized spacial score (nSPS) is 33.0. The van der Waals surface area contributed by atoms with Crippen molar-refractivity contribution in [2.24, 2.45) is 17.8 Å². The fourth-order valence-electron chi connectivity index (χ4n) is 6.86. The molecule has 0 spiro atoms. The minimum Gasteiger partial charge on any atom is -0.508 e. The van der Waals surface area contributed by atoms with Gasteiger partial charge in [-0.2, -0.15) is 0 Å². The van der Waals surface area contributed by atoms with Crippen molar-refractivity contribution in [2.75, 3.05) is 10.4 Å². The SMILES string of the molecule is O=C(O)c1cccc(N2C(=O)[C@H]3[C@H](CC=C4[C@H]3C[C@@]3(Cl)C(=O)N(CBr)C(=O)[C@@]3(Cl)[C@H]4c3ccccc3O)C2=O)c1. The van der Waals surface area contributed by atoms with Gasteiger partial charge >= 0.3 is 5.97 Å². The van der Waals surface area contributed by atoms with Crippen molar-refractivity contribution in [1.29, 1.82) is 0 Å². The van der Waals surface area contributed by atoms with Crippen molar-refractivity contribution in [3.05, 3.63) is 71.3 Å². The number of likely N-dealkylation sites (tertiary alicyclic amines) is 1. The summed E-state index contributed by atoms with van der Waals surface area (Å²) in [5.41, 5.74) is 0.720. The molecule has 40 heavy (non-hydrogen) atoms. The van der Waals surface area contributed by atoms with Crippen LogP contribution in [0.4, 0.5) is 5.69 Å². The summed E-state index contributed by atoms with van der Waals surface area (Å²) in [6.07, 6.45) is 1.72. The average Bonchev–Trinajstić information content (AvgIpc) is 3.27. The van der Waals surface area contributed by atoms with Crippen LogP contribution in [-0.4, -0.2) is 59.9 Å². The Kier molecular flexibility index (Phi) is 6.18. The fourth-order valence-corrected chi connectivity index (χ4v) is 8.28. The van der Waals surface area contributed by atoms with E-state index in [9.17, 15) is 34.2 Å². The van der Waals surface area contributed by atoms with Gasteiger partial charge in [-0.3, -0.25) is 29.0 Å². The molecule has 0 aromatic heterocycles. The number of phenolic OH excluding ortho intramolecular Hbond substituents is 1. The van der Waals surface area contributed by atoms with E-state index in [0.717, 1.165) is 9.80 Å². The predicted octanol–water partition coefficient (Wildman–Crippen LogP) is 4.01. The third-order valence-corrected chi connectivity index (χ3v) is 10.5. The van der Waals surface area contributed by atoms with Crippen LogP contribution in [0.2, 0.25) is 0 Å². The lowest BCUT2D eigenvalue weighted by molar-refractivity contribution is -0.138. The van der Waals surface area contributed by atoms with Crippen LogP contribution in [0.15, 0.2) is 60.2 Å². The lowest BCUT2D eigenvalue weighted by atomic mass is 9.56. The van der Waals surface area contributed by atoms with E-state index < -0.39 is 63.0 Å². The van der Waals surface area contributed by atoms with Crippen molar-refractivity contribution in [1.82, 2.24) is 4.90 Å². The molecule has 0 unspecified atom stereocenters. The highest BCUT2D eigenvalue weighted by Gasteiger charge is 2.76. The second-order valence-corrected chi connectivity index (χ2v) is 12.2. The standard InChI is InChI=1S/C28H21BrCl2N2O7/c29-12-32-25(39)27(30)11-18-15(21(28(27,31)26(32)40)16-6-1-2-7-19(16)34)8-9-17-20(18)23(36)33(22(17)35)14-5-3-4-13(10-14)24(37)38/h1-8,10,17-18,20-21,34H,9,11-12H2,(H,37,38)/t17-,18+,20-,21+,27+,28-/m0/s1. The number of alkyl halides is 3. The lowest BCUT2D eigenvalue weighted by Gasteiger charge is -2.50. The topological polar surface area (TPSA) is 132 Å². The first-order valence-electron chi connectivity index (χ1n) is 12.5.